The lowest BCUT2D eigenvalue weighted by atomic mass is 9.92. The third kappa shape index (κ3) is 6.60. The fraction of sp³-hybridized carbons (Fsp3) is 0.579. The maximum atomic E-state index is 12.7. The number of carbonyl (C=O) groups is 2. The molecule has 0 aromatic heterocycles. The number of rotatable bonds is 10. The molecule has 0 aliphatic rings. The lowest BCUT2D eigenvalue weighted by Crippen LogP contribution is -2.36. The van der Waals surface area contributed by atoms with E-state index in [1.54, 1.807) is 12.0 Å². The van der Waals surface area contributed by atoms with Gasteiger partial charge in [0.05, 0.1) is 13.5 Å². The Morgan fingerprint density at radius 2 is 1.83 bits per heavy atom. The van der Waals surface area contributed by atoms with Crippen LogP contribution in [-0.4, -0.2) is 42.1 Å². The molecule has 0 aliphatic heterocycles. The predicted molar refractivity (Wildman–Crippen MR) is 94.3 cm³/mol. The topological polar surface area (TPSA) is 66.8 Å². The van der Waals surface area contributed by atoms with Gasteiger partial charge in [0.2, 0.25) is 5.91 Å². The lowest BCUT2D eigenvalue weighted by Gasteiger charge is -2.26. The summed E-state index contributed by atoms with van der Waals surface area (Å²) < 4.78 is 5.17. The molecule has 0 fully saturated rings. The van der Waals surface area contributed by atoms with Gasteiger partial charge in [-0.1, -0.05) is 32.9 Å². The maximum Gasteiger partial charge on any atom is 0.305 e. The fourth-order valence-corrected chi connectivity index (χ4v) is 2.70. The molecule has 0 bridgehead atoms. The third-order valence-electron chi connectivity index (χ3n) is 4.03. The highest BCUT2D eigenvalue weighted by Gasteiger charge is 2.21. The number of carboxylic acids is 1. The van der Waals surface area contributed by atoms with Gasteiger partial charge in [-0.2, -0.15) is 0 Å². The van der Waals surface area contributed by atoms with Crippen LogP contribution < -0.4 is 4.74 Å². The Balaban J connectivity index is 2.78. The number of carbonyl (C=O) groups excluding carboxylic acids is 1. The summed E-state index contributed by atoms with van der Waals surface area (Å²) in [6.07, 6.45) is 1.24. The summed E-state index contributed by atoms with van der Waals surface area (Å²) in [5.74, 6) is 0.376. The number of benzene rings is 1. The van der Waals surface area contributed by atoms with Crippen LogP contribution in [0, 0.1) is 5.92 Å². The standard InChI is InChI=1S/C19H29NO4/c1-5-15(16-6-8-17(24-4)9-7-16)12-18(21)20(13-14(2)3)11-10-19(22)23/h6-9,14-15H,5,10-13H2,1-4H3,(H,22,23). The number of aliphatic carboxylic acids is 1. The molecule has 134 valence electrons. The monoisotopic (exact) mass is 335 g/mol. The summed E-state index contributed by atoms with van der Waals surface area (Å²) in [7, 11) is 1.63. The van der Waals surface area contributed by atoms with Crippen LogP contribution in [0.3, 0.4) is 0 Å². The van der Waals surface area contributed by atoms with Crippen molar-refractivity contribution in [2.75, 3.05) is 20.2 Å². The van der Waals surface area contributed by atoms with Crippen molar-refractivity contribution in [3.63, 3.8) is 0 Å². The average Bonchev–Trinajstić information content (AvgIpc) is 2.55. The summed E-state index contributed by atoms with van der Waals surface area (Å²) in [6.45, 7) is 6.98. The van der Waals surface area contributed by atoms with Gasteiger partial charge in [0, 0.05) is 19.5 Å². The predicted octanol–water partition coefficient (Wildman–Crippen LogP) is 3.54. The average molecular weight is 335 g/mol. The van der Waals surface area contributed by atoms with Crippen LogP contribution >= 0.6 is 0 Å². The number of nitrogens with zero attached hydrogens (tertiary/aromatic N) is 1. The van der Waals surface area contributed by atoms with Crippen molar-refractivity contribution >= 4 is 11.9 Å². The van der Waals surface area contributed by atoms with Gasteiger partial charge in [-0.25, -0.2) is 0 Å². The molecular formula is C19H29NO4. The van der Waals surface area contributed by atoms with Gasteiger partial charge in [-0.05, 0) is 36.0 Å². The first kappa shape index (κ1) is 20.0. The Morgan fingerprint density at radius 3 is 2.29 bits per heavy atom. The fourth-order valence-electron chi connectivity index (χ4n) is 2.70. The highest BCUT2D eigenvalue weighted by molar-refractivity contribution is 5.78. The summed E-state index contributed by atoms with van der Waals surface area (Å²) in [5, 5.41) is 8.88. The second kappa shape index (κ2) is 9.96. The van der Waals surface area contributed by atoms with Crippen molar-refractivity contribution in [1.29, 1.82) is 0 Å². The Bertz CT molecular complexity index is 525. The van der Waals surface area contributed by atoms with Crippen molar-refractivity contribution < 1.29 is 19.4 Å². The van der Waals surface area contributed by atoms with Crippen LogP contribution in [0.2, 0.25) is 0 Å². The zero-order valence-corrected chi connectivity index (χ0v) is 15.1. The minimum Gasteiger partial charge on any atom is -0.497 e. The maximum absolute atomic E-state index is 12.7. The normalized spacial score (nSPS) is 12.0. The second-order valence-electron chi connectivity index (χ2n) is 6.46. The molecule has 0 saturated heterocycles. The van der Waals surface area contributed by atoms with E-state index >= 15 is 0 Å². The molecule has 0 radical (unpaired) electrons. The molecule has 1 unspecified atom stereocenters. The Kier molecular flexibility index (Phi) is 8.30. The first-order valence-corrected chi connectivity index (χ1v) is 8.50. The molecular weight excluding hydrogens is 306 g/mol. The van der Waals surface area contributed by atoms with Gasteiger partial charge in [0.15, 0.2) is 0 Å². The molecule has 1 amide bonds. The molecule has 1 rings (SSSR count). The van der Waals surface area contributed by atoms with Crippen LogP contribution in [0.4, 0.5) is 0 Å². The van der Waals surface area contributed by atoms with Crippen molar-refractivity contribution in [2.45, 2.75) is 46.0 Å². The molecule has 5 heteroatoms. The Hall–Kier alpha value is -2.04. The molecule has 1 atom stereocenters. The van der Waals surface area contributed by atoms with E-state index in [2.05, 4.69) is 6.92 Å². The number of hydrogen-bond donors (Lipinski definition) is 1. The largest absolute Gasteiger partial charge is 0.497 e. The molecule has 0 aliphatic carbocycles. The van der Waals surface area contributed by atoms with Gasteiger partial charge < -0.3 is 14.7 Å². The molecule has 0 heterocycles. The SMILES string of the molecule is CCC(CC(=O)N(CCC(=O)O)CC(C)C)c1ccc(OC)cc1. The molecule has 1 aromatic rings. The summed E-state index contributed by atoms with van der Waals surface area (Å²) in [4.78, 5) is 25.2. The van der Waals surface area contributed by atoms with Gasteiger partial charge in [-0.3, -0.25) is 9.59 Å². The van der Waals surface area contributed by atoms with Gasteiger partial charge >= 0.3 is 5.97 Å². The number of amides is 1. The van der Waals surface area contributed by atoms with Crippen molar-refractivity contribution in [3.8, 4) is 5.75 Å². The molecule has 5 nitrogen and oxygen atoms in total. The van der Waals surface area contributed by atoms with Crippen molar-refractivity contribution in [1.82, 2.24) is 4.90 Å². The Labute approximate surface area is 144 Å². The summed E-state index contributed by atoms with van der Waals surface area (Å²) in [6, 6.07) is 7.78. The number of hydrogen-bond acceptors (Lipinski definition) is 3. The van der Waals surface area contributed by atoms with Gasteiger partial charge in [0.25, 0.3) is 0 Å². The number of carboxylic acid groups (broad SMARTS) is 1. The quantitative estimate of drug-likeness (QED) is 0.710. The van der Waals surface area contributed by atoms with E-state index in [9.17, 15) is 9.59 Å². The van der Waals surface area contributed by atoms with E-state index in [0.717, 1.165) is 17.7 Å². The first-order chi connectivity index (χ1) is 11.4. The number of methoxy groups -OCH3 is 1. The van der Waals surface area contributed by atoms with Crippen molar-refractivity contribution in [3.05, 3.63) is 29.8 Å². The van der Waals surface area contributed by atoms with E-state index in [0.29, 0.717) is 18.9 Å². The number of ether oxygens (including phenoxy) is 1. The van der Waals surface area contributed by atoms with Crippen LogP contribution in [0.15, 0.2) is 24.3 Å². The minimum absolute atomic E-state index is 0.0161. The highest BCUT2D eigenvalue weighted by Crippen LogP contribution is 2.26. The van der Waals surface area contributed by atoms with Crippen LogP contribution in [0.5, 0.6) is 5.75 Å². The summed E-state index contributed by atoms with van der Waals surface area (Å²) in [5.41, 5.74) is 1.11. The van der Waals surface area contributed by atoms with E-state index in [4.69, 9.17) is 9.84 Å². The third-order valence-corrected chi connectivity index (χ3v) is 4.03. The lowest BCUT2D eigenvalue weighted by molar-refractivity contribution is -0.138. The zero-order valence-electron chi connectivity index (χ0n) is 15.1. The van der Waals surface area contributed by atoms with Crippen LogP contribution in [-0.2, 0) is 9.59 Å². The summed E-state index contributed by atoms with van der Waals surface area (Å²) >= 11 is 0. The van der Waals surface area contributed by atoms with Gasteiger partial charge in [-0.15, -0.1) is 0 Å². The van der Waals surface area contributed by atoms with E-state index in [1.165, 1.54) is 0 Å². The highest BCUT2D eigenvalue weighted by atomic mass is 16.5. The minimum atomic E-state index is -0.876. The van der Waals surface area contributed by atoms with Crippen LogP contribution in [0.25, 0.3) is 0 Å². The van der Waals surface area contributed by atoms with E-state index < -0.39 is 5.97 Å². The van der Waals surface area contributed by atoms with Crippen LogP contribution in [0.1, 0.15) is 51.5 Å². The zero-order chi connectivity index (χ0) is 18.1. The second-order valence-corrected chi connectivity index (χ2v) is 6.46. The molecule has 1 N–H and O–H groups in total. The molecule has 1 aromatic carbocycles. The van der Waals surface area contributed by atoms with Crippen molar-refractivity contribution in [2.24, 2.45) is 5.92 Å². The smallest absolute Gasteiger partial charge is 0.305 e. The molecule has 0 saturated carbocycles. The molecule has 24 heavy (non-hydrogen) atoms. The Morgan fingerprint density at radius 1 is 1.21 bits per heavy atom. The molecule has 0 spiro atoms. The van der Waals surface area contributed by atoms with E-state index in [1.807, 2.05) is 38.1 Å². The van der Waals surface area contributed by atoms with E-state index in [-0.39, 0.29) is 24.8 Å². The van der Waals surface area contributed by atoms with Gasteiger partial charge in [0.1, 0.15) is 5.75 Å². The first-order valence-electron chi connectivity index (χ1n) is 8.50.